The van der Waals surface area contributed by atoms with Crippen molar-refractivity contribution in [3.05, 3.63) is 64.1 Å². The molecular formula is C21H23N3O3. The van der Waals surface area contributed by atoms with Gasteiger partial charge in [-0.3, -0.25) is 9.36 Å². The summed E-state index contributed by atoms with van der Waals surface area (Å²) in [5.74, 6) is -0.539. The van der Waals surface area contributed by atoms with Gasteiger partial charge in [0.25, 0.3) is 0 Å². The molecule has 1 saturated heterocycles. The van der Waals surface area contributed by atoms with Crippen molar-refractivity contribution in [1.29, 1.82) is 0 Å². The van der Waals surface area contributed by atoms with E-state index in [1.807, 2.05) is 17.0 Å². The number of carbonyl (C=O) groups is 1. The SMILES string of the molecule is Cc1cccc(N2CCN(C(=O)Cn3c(=O)oc4ccccc43)CC2)c1C. The van der Waals surface area contributed by atoms with Gasteiger partial charge >= 0.3 is 5.76 Å². The zero-order valence-corrected chi connectivity index (χ0v) is 15.6. The second-order valence-corrected chi connectivity index (χ2v) is 7.01. The normalized spacial score (nSPS) is 14.7. The van der Waals surface area contributed by atoms with E-state index in [0.29, 0.717) is 24.2 Å². The van der Waals surface area contributed by atoms with Gasteiger partial charge in [-0.15, -0.1) is 0 Å². The van der Waals surface area contributed by atoms with Crippen molar-refractivity contribution >= 4 is 22.7 Å². The van der Waals surface area contributed by atoms with Crippen LogP contribution in [0.3, 0.4) is 0 Å². The molecule has 6 heteroatoms. The molecule has 3 aromatic rings. The monoisotopic (exact) mass is 365 g/mol. The number of aromatic nitrogens is 1. The van der Waals surface area contributed by atoms with E-state index in [1.54, 1.807) is 12.1 Å². The van der Waals surface area contributed by atoms with E-state index in [1.165, 1.54) is 21.4 Å². The molecule has 0 radical (unpaired) electrons. The lowest BCUT2D eigenvalue weighted by Gasteiger charge is -2.37. The van der Waals surface area contributed by atoms with Crippen molar-refractivity contribution < 1.29 is 9.21 Å². The maximum atomic E-state index is 12.7. The molecule has 2 heterocycles. The van der Waals surface area contributed by atoms with Crippen LogP contribution in [-0.4, -0.2) is 41.6 Å². The fourth-order valence-electron chi connectivity index (χ4n) is 3.67. The van der Waals surface area contributed by atoms with Gasteiger partial charge in [0, 0.05) is 31.9 Å². The van der Waals surface area contributed by atoms with Crippen LogP contribution in [0.25, 0.3) is 11.1 Å². The predicted molar refractivity (Wildman–Crippen MR) is 105 cm³/mol. The van der Waals surface area contributed by atoms with E-state index in [-0.39, 0.29) is 12.5 Å². The van der Waals surface area contributed by atoms with E-state index in [2.05, 4.69) is 36.9 Å². The maximum absolute atomic E-state index is 12.7. The Labute approximate surface area is 157 Å². The Balaban J connectivity index is 1.45. The van der Waals surface area contributed by atoms with E-state index >= 15 is 0 Å². The number of aryl methyl sites for hydroxylation is 1. The van der Waals surface area contributed by atoms with Gasteiger partial charge in [0.2, 0.25) is 5.91 Å². The summed E-state index contributed by atoms with van der Waals surface area (Å²) in [5.41, 5.74) is 4.96. The van der Waals surface area contributed by atoms with Crippen LogP contribution in [0.15, 0.2) is 51.7 Å². The summed E-state index contributed by atoms with van der Waals surface area (Å²) >= 11 is 0. The van der Waals surface area contributed by atoms with Crippen LogP contribution in [-0.2, 0) is 11.3 Å². The van der Waals surface area contributed by atoms with Crippen LogP contribution in [0.4, 0.5) is 5.69 Å². The van der Waals surface area contributed by atoms with Crippen LogP contribution in [0.5, 0.6) is 0 Å². The first-order chi connectivity index (χ1) is 13.0. The second-order valence-electron chi connectivity index (χ2n) is 7.01. The summed E-state index contributed by atoms with van der Waals surface area (Å²) in [6.07, 6.45) is 0. The summed E-state index contributed by atoms with van der Waals surface area (Å²) < 4.78 is 6.63. The smallest absolute Gasteiger partial charge is 0.408 e. The standard InChI is InChI=1S/C21H23N3O3/c1-15-6-5-8-17(16(15)2)22-10-12-23(13-11-22)20(25)14-24-18-7-3-4-9-19(18)27-21(24)26/h3-9H,10-14H2,1-2H3. The second kappa shape index (κ2) is 6.95. The summed E-state index contributed by atoms with van der Waals surface area (Å²) in [5, 5.41) is 0. The lowest BCUT2D eigenvalue weighted by molar-refractivity contribution is -0.132. The Morgan fingerprint density at radius 2 is 1.74 bits per heavy atom. The summed E-state index contributed by atoms with van der Waals surface area (Å²) in [4.78, 5) is 29.0. The van der Waals surface area contributed by atoms with Crippen molar-refractivity contribution in [3.63, 3.8) is 0 Å². The highest BCUT2D eigenvalue weighted by molar-refractivity contribution is 5.80. The number of oxazole rings is 1. The minimum absolute atomic E-state index is 0.0132. The Hall–Kier alpha value is -3.02. The quantitative estimate of drug-likeness (QED) is 0.716. The molecule has 4 rings (SSSR count). The van der Waals surface area contributed by atoms with Crippen LogP contribution in [0.1, 0.15) is 11.1 Å². The number of para-hydroxylation sites is 2. The van der Waals surface area contributed by atoms with E-state index in [4.69, 9.17) is 4.42 Å². The van der Waals surface area contributed by atoms with E-state index < -0.39 is 5.76 Å². The number of nitrogens with zero attached hydrogens (tertiary/aromatic N) is 3. The molecule has 1 aromatic heterocycles. The van der Waals surface area contributed by atoms with E-state index in [0.717, 1.165) is 13.1 Å². The van der Waals surface area contributed by atoms with Gasteiger partial charge in [-0.25, -0.2) is 4.79 Å². The molecule has 1 amide bonds. The molecule has 1 aliphatic rings. The lowest BCUT2D eigenvalue weighted by Crippen LogP contribution is -2.50. The van der Waals surface area contributed by atoms with Crippen LogP contribution in [0.2, 0.25) is 0 Å². The molecule has 0 aliphatic carbocycles. The third-order valence-corrected chi connectivity index (χ3v) is 5.42. The van der Waals surface area contributed by atoms with Gasteiger partial charge in [0.05, 0.1) is 5.52 Å². The molecular weight excluding hydrogens is 342 g/mol. The minimum Gasteiger partial charge on any atom is -0.408 e. The molecule has 0 unspecified atom stereocenters. The van der Waals surface area contributed by atoms with Gasteiger partial charge in [-0.1, -0.05) is 24.3 Å². The molecule has 0 bridgehead atoms. The summed E-state index contributed by atoms with van der Waals surface area (Å²) in [6, 6.07) is 13.5. The predicted octanol–water partition coefficient (Wildman–Crippen LogP) is 2.56. The highest BCUT2D eigenvalue weighted by atomic mass is 16.4. The first-order valence-electron chi connectivity index (χ1n) is 9.22. The number of rotatable bonds is 3. The fraction of sp³-hybridized carbons (Fsp3) is 0.333. The Morgan fingerprint density at radius 1 is 1.00 bits per heavy atom. The number of anilines is 1. The van der Waals surface area contributed by atoms with Crippen LogP contribution < -0.4 is 10.7 Å². The van der Waals surface area contributed by atoms with Crippen molar-refractivity contribution in [3.8, 4) is 0 Å². The number of hydrogen-bond acceptors (Lipinski definition) is 4. The third kappa shape index (κ3) is 3.23. The highest BCUT2D eigenvalue weighted by Crippen LogP contribution is 2.24. The van der Waals surface area contributed by atoms with Gasteiger partial charge < -0.3 is 14.2 Å². The van der Waals surface area contributed by atoms with Crippen LogP contribution in [0, 0.1) is 13.8 Å². The fourth-order valence-corrected chi connectivity index (χ4v) is 3.67. The average molecular weight is 365 g/mol. The molecule has 2 aromatic carbocycles. The molecule has 0 spiro atoms. The molecule has 0 saturated carbocycles. The number of fused-ring (bicyclic) bond motifs is 1. The first-order valence-corrected chi connectivity index (χ1v) is 9.22. The topological polar surface area (TPSA) is 58.7 Å². The van der Waals surface area contributed by atoms with Gasteiger partial charge in [-0.2, -0.15) is 0 Å². The lowest BCUT2D eigenvalue weighted by atomic mass is 10.1. The Kier molecular flexibility index (Phi) is 4.48. The largest absolute Gasteiger partial charge is 0.420 e. The molecule has 6 nitrogen and oxygen atoms in total. The highest BCUT2D eigenvalue weighted by Gasteiger charge is 2.23. The number of amides is 1. The third-order valence-electron chi connectivity index (χ3n) is 5.42. The van der Waals surface area contributed by atoms with Crippen molar-refractivity contribution in [2.45, 2.75) is 20.4 Å². The van der Waals surface area contributed by atoms with Gasteiger partial charge in [-0.05, 0) is 43.2 Å². The Morgan fingerprint density at radius 3 is 2.52 bits per heavy atom. The molecule has 1 aliphatic heterocycles. The van der Waals surface area contributed by atoms with Gasteiger partial charge in [0.1, 0.15) is 6.54 Å². The van der Waals surface area contributed by atoms with Gasteiger partial charge in [0.15, 0.2) is 5.58 Å². The summed E-state index contributed by atoms with van der Waals surface area (Å²) in [6.45, 7) is 7.14. The first kappa shape index (κ1) is 17.4. The molecule has 0 N–H and O–H groups in total. The van der Waals surface area contributed by atoms with Crippen molar-refractivity contribution in [2.75, 3.05) is 31.1 Å². The minimum atomic E-state index is -0.487. The number of piperazine rings is 1. The zero-order valence-electron chi connectivity index (χ0n) is 15.6. The van der Waals surface area contributed by atoms with Crippen LogP contribution >= 0.6 is 0 Å². The van der Waals surface area contributed by atoms with Crippen molar-refractivity contribution in [1.82, 2.24) is 9.47 Å². The number of carbonyl (C=O) groups excluding carboxylic acids is 1. The van der Waals surface area contributed by atoms with Crippen molar-refractivity contribution in [2.24, 2.45) is 0 Å². The molecule has 140 valence electrons. The molecule has 0 atom stereocenters. The Bertz CT molecular complexity index is 1040. The maximum Gasteiger partial charge on any atom is 0.420 e. The molecule has 27 heavy (non-hydrogen) atoms. The summed E-state index contributed by atoms with van der Waals surface area (Å²) in [7, 11) is 0. The van der Waals surface area contributed by atoms with E-state index in [9.17, 15) is 9.59 Å². The zero-order chi connectivity index (χ0) is 19.0. The average Bonchev–Trinajstić information content (AvgIpc) is 2.99. The number of benzene rings is 2. The number of hydrogen-bond donors (Lipinski definition) is 0. The molecule has 1 fully saturated rings.